The molecule has 0 aliphatic rings. The van der Waals surface area contributed by atoms with Crippen molar-refractivity contribution in [1.82, 2.24) is 5.32 Å². The zero-order valence-electron chi connectivity index (χ0n) is 24.8. The lowest BCUT2D eigenvalue weighted by Gasteiger charge is -2.48. The summed E-state index contributed by atoms with van der Waals surface area (Å²) < 4.78 is 13.0. The molecule has 3 nitrogen and oxygen atoms in total. The van der Waals surface area contributed by atoms with E-state index >= 15 is 0 Å². The van der Waals surface area contributed by atoms with Crippen LogP contribution in [-0.4, -0.2) is 25.5 Å². The van der Waals surface area contributed by atoms with E-state index in [2.05, 4.69) is 70.3 Å². The van der Waals surface area contributed by atoms with Gasteiger partial charge in [0.25, 0.3) is 0 Å². The summed E-state index contributed by atoms with van der Waals surface area (Å²) >= 11 is 0. The molecule has 3 heteroatoms. The van der Waals surface area contributed by atoms with E-state index in [1.807, 2.05) is 0 Å². The standard InChI is InChI=1S/C33H61NO2/c1-6-10-12-14-16-17-19-24-28-33(27-23-18-15-13-11-7-2,32(5,35-8-3)36-9-4)30-34-29-31-25-21-20-22-26-31/h20-22,25-26,34H,6-19,23-24,27-30H2,1-5H3. The highest BCUT2D eigenvalue weighted by Gasteiger charge is 2.48. The van der Waals surface area contributed by atoms with Crippen LogP contribution in [0, 0.1) is 5.41 Å². The number of nitrogens with one attached hydrogen (secondary N) is 1. The second-order valence-electron chi connectivity index (χ2n) is 10.9. The molecule has 0 aliphatic heterocycles. The monoisotopic (exact) mass is 503 g/mol. The van der Waals surface area contributed by atoms with Gasteiger partial charge < -0.3 is 14.8 Å². The number of unbranched alkanes of at least 4 members (excludes halogenated alkanes) is 12. The molecule has 1 aromatic rings. The normalized spacial score (nSPS) is 13.7. The minimum atomic E-state index is -0.565. The van der Waals surface area contributed by atoms with Crippen molar-refractivity contribution in [2.45, 2.75) is 150 Å². The van der Waals surface area contributed by atoms with E-state index in [9.17, 15) is 0 Å². The van der Waals surface area contributed by atoms with Crippen molar-refractivity contribution < 1.29 is 9.47 Å². The smallest absolute Gasteiger partial charge is 0.172 e. The molecule has 0 aliphatic carbocycles. The highest BCUT2D eigenvalue weighted by Crippen LogP contribution is 2.45. The van der Waals surface area contributed by atoms with E-state index in [0.29, 0.717) is 13.2 Å². The van der Waals surface area contributed by atoms with Crippen molar-refractivity contribution >= 4 is 0 Å². The van der Waals surface area contributed by atoms with Gasteiger partial charge in [0.1, 0.15) is 0 Å². The summed E-state index contributed by atoms with van der Waals surface area (Å²) in [6, 6.07) is 10.8. The van der Waals surface area contributed by atoms with Gasteiger partial charge in [-0.2, -0.15) is 0 Å². The predicted octanol–water partition coefficient (Wildman–Crippen LogP) is 9.83. The molecular formula is C33H61NO2. The molecule has 1 N–H and O–H groups in total. The lowest BCUT2D eigenvalue weighted by molar-refractivity contribution is -0.289. The Labute approximate surface area is 225 Å². The van der Waals surface area contributed by atoms with Crippen LogP contribution < -0.4 is 5.32 Å². The zero-order chi connectivity index (χ0) is 26.4. The summed E-state index contributed by atoms with van der Waals surface area (Å²) in [6.45, 7) is 14.2. The molecule has 210 valence electrons. The van der Waals surface area contributed by atoms with Crippen molar-refractivity contribution in [2.75, 3.05) is 19.8 Å². The molecular weight excluding hydrogens is 442 g/mol. The molecule has 0 bridgehead atoms. The molecule has 0 radical (unpaired) electrons. The first kappa shape index (κ1) is 33.1. The zero-order valence-corrected chi connectivity index (χ0v) is 24.8. The van der Waals surface area contributed by atoms with Gasteiger partial charge in [0.15, 0.2) is 5.79 Å². The summed E-state index contributed by atoms with van der Waals surface area (Å²) in [4.78, 5) is 0. The molecule has 0 fully saturated rings. The molecule has 0 saturated carbocycles. The predicted molar refractivity (Wildman–Crippen MR) is 157 cm³/mol. The molecule has 0 spiro atoms. The number of benzene rings is 1. The van der Waals surface area contributed by atoms with E-state index in [4.69, 9.17) is 9.47 Å². The Hall–Kier alpha value is -0.900. The van der Waals surface area contributed by atoms with Gasteiger partial charge in [-0.15, -0.1) is 0 Å². The van der Waals surface area contributed by atoms with Gasteiger partial charge >= 0.3 is 0 Å². The van der Waals surface area contributed by atoms with Gasteiger partial charge in [-0.1, -0.05) is 134 Å². The fourth-order valence-electron chi connectivity index (χ4n) is 5.70. The molecule has 0 saturated heterocycles. The van der Waals surface area contributed by atoms with Crippen molar-refractivity contribution in [1.29, 1.82) is 0 Å². The van der Waals surface area contributed by atoms with Crippen LogP contribution in [0.25, 0.3) is 0 Å². The van der Waals surface area contributed by atoms with Gasteiger partial charge in [-0.3, -0.25) is 0 Å². The Morgan fingerprint density at radius 2 is 1.06 bits per heavy atom. The van der Waals surface area contributed by atoms with Crippen LogP contribution >= 0.6 is 0 Å². The van der Waals surface area contributed by atoms with Gasteiger partial charge in [0.05, 0.1) is 0 Å². The summed E-state index contributed by atoms with van der Waals surface area (Å²) in [5.41, 5.74) is 1.31. The topological polar surface area (TPSA) is 30.5 Å². The van der Waals surface area contributed by atoms with E-state index in [-0.39, 0.29) is 5.41 Å². The molecule has 1 aromatic carbocycles. The van der Waals surface area contributed by atoms with Crippen LogP contribution in [-0.2, 0) is 16.0 Å². The largest absolute Gasteiger partial charge is 0.350 e. The van der Waals surface area contributed by atoms with Crippen molar-refractivity contribution in [2.24, 2.45) is 5.41 Å². The fourth-order valence-corrected chi connectivity index (χ4v) is 5.70. The summed E-state index contributed by atoms with van der Waals surface area (Å²) in [5.74, 6) is -0.565. The number of rotatable bonds is 25. The summed E-state index contributed by atoms with van der Waals surface area (Å²) in [5, 5.41) is 3.84. The SMILES string of the molecule is CCCCCCCCCCC(CCCCCCCC)(CNCc1ccccc1)C(C)(OCC)OCC. The van der Waals surface area contributed by atoms with Gasteiger partial charge in [-0.05, 0) is 39.2 Å². The van der Waals surface area contributed by atoms with Crippen molar-refractivity contribution in [3.63, 3.8) is 0 Å². The van der Waals surface area contributed by atoms with Crippen LogP contribution in [0.3, 0.4) is 0 Å². The molecule has 1 rings (SSSR count). The molecule has 1 atom stereocenters. The van der Waals surface area contributed by atoms with E-state index in [1.54, 1.807) is 0 Å². The van der Waals surface area contributed by atoms with E-state index in [0.717, 1.165) is 25.9 Å². The van der Waals surface area contributed by atoms with Gasteiger partial charge in [-0.25, -0.2) is 0 Å². The van der Waals surface area contributed by atoms with Crippen LogP contribution in [0.1, 0.15) is 143 Å². The first-order valence-corrected chi connectivity index (χ1v) is 15.6. The average molecular weight is 504 g/mol. The lowest BCUT2D eigenvalue weighted by atomic mass is 9.71. The fraction of sp³-hybridized carbons (Fsp3) is 0.818. The number of ether oxygens (including phenoxy) is 2. The Bertz CT molecular complexity index is 599. The maximum Gasteiger partial charge on any atom is 0.172 e. The van der Waals surface area contributed by atoms with E-state index < -0.39 is 5.79 Å². The second kappa shape index (κ2) is 21.1. The van der Waals surface area contributed by atoms with E-state index in [1.165, 1.54) is 95.5 Å². The third-order valence-corrected chi connectivity index (χ3v) is 7.96. The van der Waals surface area contributed by atoms with Crippen LogP contribution in [0.2, 0.25) is 0 Å². The Morgan fingerprint density at radius 3 is 1.50 bits per heavy atom. The van der Waals surface area contributed by atoms with Crippen LogP contribution in [0.15, 0.2) is 30.3 Å². The Kier molecular flexibility index (Phi) is 19.4. The second-order valence-corrected chi connectivity index (χ2v) is 10.9. The molecule has 0 aromatic heterocycles. The maximum absolute atomic E-state index is 6.49. The first-order chi connectivity index (χ1) is 17.6. The third-order valence-electron chi connectivity index (χ3n) is 7.96. The highest BCUT2D eigenvalue weighted by atomic mass is 16.7. The molecule has 1 unspecified atom stereocenters. The van der Waals surface area contributed by atoms with Crippen LogP contribution in [0.4, 0.5) is 0 Å². The summed E-state index contributed by atoms with van der Waals surface area (Å²) in [7, 11) is 0. The van der Waals surface area contributed by atoms with Gasteiger partial charge in [0, 0.05) is 31.7 Å². The Morgan fingerprint density at radius 1 is 0.611 bits per heavy atom. The highest BCUT2D eigenvalue weighted by molar-refractivity contribution is 5.14. The minimum absolute atomic E-state index is 0.0270. The van der Waals surface area contributed by atoms with Crippen LogP contribution in [0.5, 0.6) is 0 Å². The maximum atomic E-state index is 6.49. The minimum Gasteiger partial charge on any atom is -0.350 e. The third kappa shape index (κ3) is 13.1. The lowest BCUT2D eigenvalue weighted by Crippen LogP contribution is -2.55. The van der Waals surface area contributed by atoms with Gasteiger partial charge in [0.2, 0.25) is 0 Å². The summed E-state index contributed by atoms with van der Waals surface area (Å²) in [6.07, 6.45) is 21.1. The van der Waals surface area contributed by atoms with Crippen molar-refractivity contribution in [3.05, 3.63) is 35.9 Å². The first-order valence-electron chi connectivity index (χ1n) is 15.6. The Balaban J connectivity index is 2.92. The van der Waals surface area contributed by atoms with Crippen molar-refractivity contribution in [3.8, 4) is 0 Å². The molecule has 0 heterocycles. The molecule has 36 heavy (non-hydrogen) atoms. The molecule has 0 amide bonds. The quantitative estimate of drug-likeness (QED) is 0.106. The number of hydrogen-bond donors (Lipinski definition) is 1. The number of hydrogen-bond acceptors (Lipinski definition) is 3. The average Bonchev–Trinajstić information content (AvgIpc) is 2.88.